The number of Topliss-reactive ketones (excluding diaryl/α,β-unsaturated/α-hetero) is 1. The summed E-state index contributed by atoms with van der Waals surface area (Å²) in [5, 5.41) is 12.4. The smallest absolute Gasteiger partial charge is 0.338 e. The molecule has 7 fully saturated rings. The predicted molar refractivity (Wildman–Crippen MR) is 306 cm³/mol. The molecule has 3 heterocycles. The first-order valence-corrected chi connectivity index (χ1v) is 31.0. The summed E-state index contributed by atoms with van der Waals surface area (Å²) in [5.41, 5.74) is 0.546. The van der Waals surface area contributed by atoms with Crippen LogP contribution in [0.4, 0.5) is 0 Å². The van der Waals surface area contributed by atoms with E-state index in [0.717, 1.165) is 50.5 Å². The second-order valence-corrected chi connectivity index (χ2v) is 28.8. The van der Waals surface area contributed by atoms with Gasteiger partial charge >= 0.3 is 5.97 Å². The molecule has 5 aliphatic carbocycles. The van der Waals surface area contributed by atoms with Crippen molar-refractivity contribution in [2.75, 3.05) is 13.2 Å². The number of aldehydes is 1. The number of hydrogen-bond donors (Lipinski definition) is 1. The highest BCUT2D eigenvalue weighted by atomic mass is 16.8. The number of hydrogen-bond acceptors (Lipinski definition) is 12. The number of fused-ring (bicyclic) bond motifs is 7. The third kappa shape index (κ3) is 10.2. The van der Waals surface area contributed by atoms with Gasteiger partial charge in [-0.2, -0.15) is 0 Å². The summed E-state index contributed by atoms with van der Waals surface area (Å²) in [7, 11) is 0. The van der Waals surface area contributed by atoms with Crippen molar-refractivity contribution in [1.29, 1.82) is 0 Å². The highest BCUT2D eigenvalue weighted by molar-refractivity contribution is 5.89. The molecule has 3 saturated heterocycles. The standard InChI is InChI=1S/C68H98O12/c1-39-35-74-60(43(5)40(39)2)79-56-44(6)45(7)75-62(58(56)80-61-57(78-59(72)48-23-19-16-20-24-48)42(4)41(3)51(76-61)37-73-36-47-21-17-15-18-22-47)77-55-28-29-64(11)52(65(55,12)38-69)27-30-66(13)53(64)26-25-49-50-33-63(9,10)31-32-68(50,46(8)70)54(71)34-67(49,66)14/h15-25,38-45,50-58,60-62,71H,26-37H2,1-14H3/t39-,40-,41+,42-,43?,44-,45?,50?,51?,52+,53?,54?,55-,56-,57?,58?,60-,61-,62-,64?,65+,66?,67?,68+/m0/s1. The first kappa shape index (κ1) is 59.8. The number of carbonyl (C=O) groups is 3. The number of carbonyl (C=O) groups excluding carboxylic acids is 3. The number of ether oxygens (including phenoxy) is 8. The maximum atomic E-state index is 14.3. The Kier molecular flexibility index (Phi) is 16.9. The van der Waals surface area contributed by atoms with Crippen molar-refractivity contribution in [3.05, 3.63) is 83.4 Å². The molecule has 1 N–H and O–H groups in total. The average Bonchev–Trinajstić information content (AvgIpc) is 3.45. The fourth-order valence-electron chi connectivity index (χ4n) is 18.0. The Bertz CT molecular complexity index is 2550. The number of aliphatic hydroxyl groups excluding tert-OH is 1. The number of allylic oxidation sites excluding steroid dienone is 2. The van der Waals surface area contributed by atoms with Crippen molar-refractivity contribution >= 4 is 18.0 Å². The molecule has 2 aromatic carbocycles. The van der Waals surface area contributed by atoms with E-state index < -0.39 is 72.3 Å². The van der Waals surface area contributed by atoms with E-state index in [-0.39, 0.29) is 81.6 Å². The molecule has 8 aliphatic rings. The van der Waals surface area contributed by atoms with Crippen LogP contribution in [-0.2, 0) is 54.1 Å². The highest BCUT2D eigenvalue weighted by Gasteiger charge is 2.71. The van der Waals surface area contributed by atoms with Crippen molar-refractivity contribution in [3.8, 4) is 0 Å². The van der Waals surface area contributed by atoms with Crippen LogP contribution in [0.2, 0.25) is 0 Å². The summed E-state index contributed by atoms with van der Waals surface area (Å²) in [4.78, 5) is 42.3. The average molecular weight is 1110 g/mol. The molecule has 24 atom stereocenters. The van der Waals surface area contributed by atoms with Crippen LogP contribution in [0.1, 0.15) is 171 Å². The van der Waals surface area contributed by atoms with Crippen LogP contribution in [0.25, 0.3) is 0 Å². The van der Waals surface area contributed by atoms with Gasteiger partial charge in [0.1, 0.15) is 18.2 Å². The minimum atomic E-state index is -1.08. The van der Waals surface area contributed by atoms with E-state index in [1.807, 2.05) is 48.5 Å². The highest BCUT2D eigenvalue weighted by Crippen LogP contribution is 2.76. The SMILES string of the molecule is CC(=O)[C@]12CCC(C)(C)CC1C1=CCC3C4(C)CC[C@H](O[C@@H]5OC(C)[C@H](C)[C@H](O[C@@H]6OC[C@H](C)[C@H](C)C6C)C5O[C@@H]5OC(COCc6ccccc6)[C@H](C)[C@H](C)C5OC(=O)c5ccccc5)[C@](C)(C=O)[C@@H]4CCC3(C)C1(C)CC2O. The summed E-state index contributed by atoms with van der Waals surface area (Å²) in [6, 6.07) is 19.1. The van der Waals surface area contributed by atoms with Crippen LogP contribution >= 0.6 is 0 Å². The molecule has 0 aromatic heterocycles. The van der Waals surface area contributed by atoms with Crippen LogP contribution < -0.4 is 0 Å². The topological polar surface area (TPSA) is 145 Å². The molecule has 80 heavy (non-hydrogen) atoms. The van der Waals surface area contributed by atoms with Crippen molar-refractivity contribution in [1.82, 2.24) is 0 Å². The maximum Gasteiger partial charge on any atom is 0.338 e. The summed E-state index contributed by atoms with van der Waals surface area (Å²) < 4.78 is 55.7. The monoisotopic (exact) mass is 1110 g/mol. The van der Waals surface area contributed by atoms with E-state index in [0.29, 0.717) is 43.5 Å². The molecule has 0 radical (unpaired) electrons. The summed E-state index contributed by atoms with van der Waals surface area (Å²) in [6.07, 6.45) is 3.82. The molecule has 0 amide bonds. The lowest BCUT2D eigenvalue weighted by atomic mass is 9.33. The Balaban J connectivity index is 0.974. The number of esters is 1. The van der Waals surface area contributed by atoms with Crippen LogP contribution in [0.3, 0.4) is 0 Å². The van der Waals surface area contributed by atoms with Gasteiger partial charge in [0, 0.05) is 17.8 Å². The maximum absolute atomic E-state index is 14.3. The molecule has 12 nitrogen and oxygen atoms in total. The zero-order chi connectivity index (χ0) is 57.5. The second kappa shape index (κ2) is 22.6. The fraction of sp³-hybridized carbons (Fsp3) is 0.750. The van der Waals surface area contributed by atoms with Gasteiger partial charge in [0.2, 0.25) is 0 Å². The first-order chi connectivity index (χ1) is 37.8. The molecule has 2 aromatic rings. The lowest BCUT2D eigenvalue weighted by molar-refractivity contribution is -0.380. The molecule has 11 unspecified atom stereocenters. The van der Waals surface area contributed by atoms with E-state index in [4.69, 9.17) is 37.9 Å². The van der Waals surface area contributed by atoms with Gasteiger partial charge in [0.25, 0.3) is 0 Å². The zero-order valence-electron chi connectivity index (χ0n) is 50.8. The Morgan fingerprint density at radius 2 is 1.38 bits per heavy atom. The number of ketones is 1. The molecule has 3 aliphatic heterocycles. The lowest BCUT2D eigenvalue weighted by Crippen LogP contribution is -2.68. The van der Waals surface area contributed by atoms with Gasteiger partial charge in [0.05, 0.1) is 66.7 Å². The molecular weight excluding hydrogens is 1010 g/mol. The van der Waals surface area contributed by atoms with Crippen LogP contribution in [0.5, 0.6) is 0 Å². The summed E-state index contributed by atoms with van der Waals surface area (Å²) in [6.45, 7) is 32.1. The van der Waals surface area contributed by atoms with E-state index in [2.05, 4.69) is 96.1 Å². The molecule has 442 valence electrons. The van der Waals surface area contributed by atoms with Gasteiger partial charge < -0.3 is 47.8 Å². The predicted octanol–water partition coefficient (Wildman–Crippen LogP) is 12.8. The van der Waals surface area contributed by atoms with Gasteiger partial charge in [-0.3, -0.25) is 4.79 Å². The van der Waals surface area contributed by atoms with E-state index in [1.54, 1.807) is 19.1 Å². The molecule has 0 bridgehead atoms. The molecule has 10 rings (SSSR count). The second-order valence-electron chi connectivity index (χ2n) is 28.8. The molecule has 0 spiro atoms. The quantitative estimate of drug-likeness (QED) is 0.0832. The number of aliphatic hydroxyl groups is 1. The summed E-state index contributed by atoms with van der Waals surface area (Å²) >= 11 is 0. The summed E-state index contributed by atoms with van der Waals surface area (Å²) in [5.74, 6) is 0.117. The van der Waals surface area contributed by atoms with Gasteiger partial charge in [0.15, 0.2) is 25.0 Å². The number of benzene rings is 2. The van der Waals surface area contributed by atoms with Crippen molar-refractivity contribution in [2.24, 2.45) is 85.8 Å². The van der Waals surface area contributed by atoms with Crippen LogP contribution in [-0.4, -0.2) is 98.0 Å². The minimum Gasteiger partial charge on any atom is -0.453 e. The van der Waals surface area contributed by atoms with Gasteiger partial charge in [-0.05, 0) is 146 Å². The van der Waals surface area contributed by atoms with Crippen molar-refractivity contribution in [2.45, 2.75) is 223 Å². The molecule has 4 saturated carbocycles. The molecule has 12 heteroatoms. The van der Waals surface area contributed by atoms with Gasteiger partial charge in [-0.1, -0.05) is 143 Å². The third-order valence-electron chi connectivity index (χ3n) is 24.2. The minimum absolute atomic E-state index is 0.00396. The first-order valence-electron chi connectivity index (χ1n) is 31.0. The van der Waals surface area contributed by atoms with Crippen molar-refractivity contribution < 1.29 is 57.4 Å². The van der Waals surface area contributed by atoms with Crippen LogP contribution in [0, 0.1) is 85.8 Å². The normalized spacial score (nSPS) is 47.0. The van der Waals surface area contributed by atoms with E-state index in [1.165, 1.54) is 11.9 Å². The fourth-order valence-corrected chi connectivity index (χ4v) is 18.0. The van der Waals surface area contributed by atoms with Gasteiger partial charge in [-0.15, -0.1) is 0 Å². The number of rotatable bonds is 14. The zero-order valence-corrected chi connectivity index (χ0v) is 50.8. The Morgan fingerprint density at radius 1 is 0.700 bits per heavy atom. The largest absolute Gasteiger partial charge is 0.453 e. The van der Waals surface area contributed by atoms with Gasteiger partial charge in [-0.25, -0.2) is 4.79 Å². The van der Waals surface area contributed by atoms with E-state index in [9.17, 15) is 19.5 Å². The Hall–Kier alpha value is -3.33. The van der Waals surface area contributed by atoms with Crippen LogP contribution in [0.15, 0.2) is 72.3 Å². The van der Waals surface area contributed by atoms with E-state index >= 15 is 0 Å². The van der Waals surface area contributed by atoms with Crippen molar-refractivity contribution in [3.63, 3.8) is 0 Å². The third-order valence-corrected chi connectivity index (χ3v) is 24.2. The molecular formula is C68H98O12. The Morgan fingerprint density at radius 3 is 2.06 bits per heavy atom. The Labute approximate surface area is 478 Å². The lowest BCUT2D eigenvalue weighted by Gasteiger charge is -2.71.